The average Bonchev–Trinajstić information content (AvgIpc) is 2.17. The van der Waals surface area contributed by atoms with E-state index in [9.17, 15) is 0 Å². The Labute approximate surface area is 75.0 Å². The zero-order chi connectivity index (χ0) is 9.98. The lowest BCUT2D eigenvalue weighted by atomic mass is 10.1. The Balaban J connectivity index is 0. The van der Waals surface area contributed by atoms with Crippen LogP contribution >= 0.6 is 0 Å². The van der Waals surface area contributed by atoms with Crippen LogP contribution in [0, 0.1) is 10.8 Å². The molecule has 0 bridgehead atoms. The van der Waals surface area contributed by atoms with Crippen molar-refractivity contribution in [1.29, 1.82) is 10.8 Å². The fourth-order valence-corrected chi connectivity index (χ4v) is 0.483. The smallest absolute Gasteiger partial charge is 0.0789 e. The second kappa shape index (κ2) is 9.82. The van der Waals surface area contributed by atoms with Crippen LogP contribution < -0.4 is 0 Å². The summed E-state index contributed by atoms with van der Waals surface area (Å²) in [7, 11) is 0. The summed E-state index contributed by atoms with van der Waals surface area (Å²) < 4.78 is 0. The van der Waals surface area contributed by atoms with Crippen molar-refractivity contribution in [2.45, 2.75) is 27.7 Å². The lowest BCUT2D eigenvalue weighted by Gasteiger charge is -1.96. The Morgan fingerprint density at radius 2 is 1.00 bits per heavy atom. The molecule has 0 aromatic rings. The molecule has 0 atom stereocenters. The molecule has 0 fully saturated rings. The number of rotatable bonds is 0. The minimum Gasteiger partial charge on any atom is -0.299 e. The van der Waals surface area contributed by atoms with Gasteiger partial charge in [0.1, 0.15) is 0 Å². The zero-order valence-corrected chi connectivity index (χ0v) is 8.31. The fraction of sp³-hybridized carbons (Fsp3) is 0.400. The van der Waals surface area contributed by atoms with Gasteiger partial charge in [-0.3, -0.25) is 10.8 Å². The molecule has 0 saturated carbocycles. The summed E-state index contributed by atoms with van der Waals surface area (Å²) >= 11 is 0. The Morgan fingerprint density at radius 1 is 0.750 bits per heavy atom. The van der Waals surface area contributed by atoms with Gasteiger partial charge in [0.05, 0.1) is 11.4 Å². The Kier molecular flexibility index (Phi) is 11.0. The van der Waals surface area contributed by atoms with E-state index in [-0.39, 0.29) is 11.4 Å². The van der Waals surface area contributed by atoms with E-state index in [2.05, 4.69) is 0 Å². The SMILES string of the molecule is CC.CC.N=C1C=CC=CC1=N. The van der Waals surface area contributed by atoms with Crippen molar-refractivity contribution in [3.63, 3.8) is 0 Å². The first-order valence-corrected chi connectivity index (χ1v) is 4.33. The van der Waals surface area contributed by atoms with Gasteiger partial charge in [0.25, 0.3) is 0 Å². The highest BCUT2D eigenvalue weighted by molar-refractivity contribution is 6.48. The van der Waals surface area contributed by atoms with E-state index in [0.29, 0.717) is 0 Å². The Bertz CT molecular complexity index is 166. The van der Waals surface area contributed by atoms with Crippen LogP contribution in [0.2, 0.25) is 0 Å². The fourth-order valence-electron chi connectivity index (χ4n) is 0.483. The molecule has 1 aliphatic carbocycles. The van der Waals surface area contributed by atoms with Crippen molar-refractivity contribution in [2.75, 3.05) is 0 Å². The first-order chi connectivity index (χ1) is 5.80. The summed E-state index contributed by atoms with van der Waals surface area (Å²) in [6.45, 7) is 8.00. The minimum atomic E-state index is 0.285. The van der Waals surface area contributed by atoms with Gasteiger partial charge in [0, 0.05) is 0 Å². The van der Waals surface area contributed by atoms with Crippen molar-refractivity contribution >= 4 is 11.4 Å². The van der Waals surface area contributed by atoms with Gasteiger partial charge in [0.2, 0.25) is 0 Å². The van der Waals surface area contributed by atoms with E-state index in [0.717, 1.165) is 0 Å². The Morgan fingerprint density at radius 3 is 1.17 bits per heavy atom. The van der Waals surface area contributed by atoms with Crippen LogP contribution in [0.25, 0.3) is 0 Å². The van der Waals surface area contributed by atoms with Crippen LogP contribution in [0.3, 0.4) is 0 Å². The van der Waals surface area contributed by atoms with E-state index in [4.69, 9.17) is 10.8 Å². The molecule has 0 aliphatic heterocycles. The van der Waals surface area contributed by atoms with Crippen LogP contribution in [-0.2, 0) is 0 Å². The highest BCUT2D eigenvalue weighted by atomic mass is 14.5. The number of hydrogen-bond donors (Lipinski definition) is 2. The van der Waals surface area contributed by atoms with Gasteiger partial charge in [-0.25, -0.2) is 0 Å². The van der Waals surface area contributed by atoms with Gasteiger partial charge in [-0.2, -0.15) is 0 Å². The summed E-state index contributed by atoms with van der Waals surface area (Å²) in [4.78, 5) is 0. The zero-order valence-electron chi connectivity index (χ0n) is 8.31. The lowest BCUT2D eigenvalue weighted by Crippen LogP contribution is -2.06. The van der Waals surface area contributed by atoms with Gasteiger partial charge < -0.3 is 0 Å². The maximum Gasteiger partial charge on any atom is 0.0789 e. The molecule has 2 N–H and O–H groups in total. The summed E-state index contributed by atoms with van der Waals surface area (Å²) in [5.74, 6) is 0. The third kappa shape index (κ3) is 5.59. The van der Waals surface area contributed by atoms with E-state index < -0.39 is 0 Å². The molecule has 0 amide bonds. The molecule has 1 aliphatic rings. The second-order valence-corrected chi connectivity index (χ2v) is 1.55. The van der Waals surface area contributed by atoms with E-state index in [1.807, 2.05) is 27.7 Å². The van der Waals surface area contributed by atoms with Crippen LogP contribution in [0.5, 0.6) is 0 Å². The molecule has 68 valence electrons. The lowest BCUT2D eigenvalue weighted by molar-refractivity contribution is 1.49. The quantitative estimate of drug-likeness (QED) is 0.519. The molecular formula is C10H18N2. The van der Waals surface area contributed by atoms with Gasteiger partial charge in [-0.15, -0.1) is 0 Å². The van der Waals surface area contributed by atoms with Crippen molar-refractivity contribution < 1.29 is 0 Å². The van der Waals surface area contributed by atoms with Crippen molar-refractivity contribution in [2.24, 2.45) is 0 Å². The van der Waals surface area contributed by atoms with Gasteiger partial charge >= 0.3 is 0 Å². The average molecular weight is 166 g/mol. The number of hydrogen-bond acceptors (Lipinski definition) is 2. The molecular weight excluding hydrogens is 148 g/mol. The first-order valence-electron chi connectivity index (χ1n) is 4.33. The molecule has 12 heavy (non-hydrogen) atoms. The summed E-state index contributed by atoms with van der Waals surface area (Å²) in [5.41, 5.74) is 0.569. The van der Waals surface area contributed by atoms with E-state index in [1.165, 1.54) is 0 Å². The summed E-state index contributed by atoms with van der Waals surface area (Å²) in [6, 6.07) is 0. The molecule has 1 rings (SSSR count). The van der Waals surface area contributed by atoms with E-state index in [1.54, 1.807) is 24.3 Å². The molecule has 2 heteroatoms. The van der Waals surface area contributed by atoms with E-state index >= 15 is 0 Å². The van der Waals surface area contributed by atoms with Crippen molar-refractivity contribution in [3.8, 4) is 0 Å². The molecule has 2 nitrogen and oxygen atoms in total. The maximum absolute atomic E-state index is 7.03. The highest BCUT2D eigenvalue weighted by Crippen LogP contribution is 1.91. The summed E-state index contributed by atoms with van der Waals surface area (Å²) in [5, 5.41) is 14.1. The van der Waals surface area contributed by atoms with Crippen LogP contribution in [0.1, 0.15) is 27.7 Å². The molecule has 0 aromatic carbocycles. The molecule has 0 unspecified atom stereocenters. The van der Waals surface area contributed by atoms with Gasteiger partial charge in [-0.1, -0.05) is 39.8 Å². The first kappa shape index (κ1) is 13.4. The topological polar surface area (TPSA) is 47.7 Å². The third-order valence-corrected chi connectivity index (χ3v) is 0.927. The predicted octanol–water partition coefficient (Wildman–Crippen LogP) is 3.20. The number of nitrogens with one attached hydrogen (secondary N) is 2. The monoisotopic (exact) mass is 166 g/mol. The van der Waals surface area contributed by atoms with Gasteiger partial charge in [0.15, 0.2) is 0 Å². The summed E-state index contributed by atoms with van der Waals surface area (Å²) in [6.07, 6.45) is 6.70. The maximum atomic E-state index is 7.03. The molecule has 0 aromatic heterocycles. The standard InChI is InChI=1S/C6H6N2.2C2H6/c7-5-3-1-2-4-6(5)8;2*1-2/h1-4,7-8H;2*1-2H3. The highest BCUT2D eigenvalue weighted by Gasteiger charge is 1.97. The van der Waals surface area contributed by atoms with Gasteiger partial charge in [-0.05, 0) is 12.2 Å². The van der Waals surface area contributed by atoms with Crippen LogP contribution in [0.4, 0.5) is 0 Å². The molecule has 0 spiro atoms. The van der Waals surface area contributed by atoms with Crippen molar-refractivity contribution in [1.82, 2.24) is 0 Å². The largest absolute Gasteiger partial charge is 0.299 e. The van der Waals surface area contributed by atoms with Crippen molar-refractivity contribution in [3.05, 3.63) is 24.3 Å². The normalized spacial score (nSPS) is 12.7. The minimum absolute atomic E-state index is 0.285. The van der Waals surface area contributed by atoms with Crippen LogP contribution in [0.15, 0.2) is 24.3 Å². The molecule has 0 heterocycles. The third-order valence-electron chi connectivity index (χ3n) is 0.927. The second-order valence-electron chi connectivity index (χ2n) is 1.55. The van der Waals surface area contributed by atoms with Crippen LogP contribution in [-0.4, -0.2) is 11.4 Å². The Hall–Kier alpha value is -1.18. The number of allylic oxidation sites excluding steroid dienone is 4. The molecule has 0 radical (unpaired) electrons. The predicted molar refractivity (Wildman–Crippen MR) is 56.4 cm³/mol. The molecule has 0 saturated heterocycles.